The largest absolute Gasteiger partial charge is 0.496 e. The van der Waals surface area contributed by atoms with E-state index in [1.54, 1.807) is 7.11 Å². The minimum atomic E-state index is -0.888. The lowest BCUT2D eigenvalue weighted by Crippen LogP contribution is -2.37. The quantitative estimate of drug-likeness (QED) is 0.921. The fourth-order valence-corrected chi connectivity index (χ4v) is 3.38. The monoisotopic (exact) mass is 323 g/mol. The van der Waals surface area contributed by atoms with Gasteiger partial charge in [-0.25, -0.2) is 0 Å². The Morgan fingerprint density at radius 2 is 2.05 bits per heavy atom. The van der Waals surface area contributed by atoms with Crippen LogP contribution in [0.1, 0.15) is 43.6 Å². The molecule has 0 aliphatic heterocycles. The predicted molar refractivity (Wildman–Crippen MR) is 77.1 cm³/mol. The molecule has 1 aliphatic carbocycles. The molecule has 0 aromatic heterocycles. The second-order valence-corrected chi connectivity index (χ2v) is 5.97. The van der Waals surface area contributed by atoms with Crippen molar-refractivity contribution in [2.45, 2.75) is 43.6 Å². The zero-order valence-corrected chi connectivity index (χ0v) is 12.6. The smallest absolute Gasteiger partial charge is 0.133 e. The van der Waals surface area contributed by atoms with Gasteiger partial charge in [0.1, 0.15) is 5.75 Å². The summed E-state index contributed by atoms with van der Waals surface area (Å²) in [5.41, 5.74) is -0.0410. The number of hydrogen-bond donors (Lipinski definition) is 1. The molecule has 102 valence electrons. The molecule has 1 atom stereocenters. The molecule has 0 radical (unpaired) electrons. The first-order chi connectivity index (χ1) is 9.10. The van der Waals surface area contributed by atoms with Gasteiger partial charge in [0.15, 0.2) is 0 Å². The zero-order valence-electron chi connectivity index (χ0n) is 11.0. The molecule has 2 rings (SSSR count). The molecule has 1 aromatic carbocycles. The number of ether oxygens (including phenoxy) is 1. The van der Waals surface area contributed by atoms with Crippen molar-refractivity contribution in [3.8, 4) is 11.8 Å². The third kappa shape index (κ3) is 2.93. The van der Waals surface area contributed by atoms with Crippen molar-refractivity contribution >= 4 is 15.9 Å². The van der Waals surface area contributed by atoms with Crippen LogP contribution in [0.4, 0.5) is 0 Å². The van der Waals surface area contributed by atoms with Gasteiger partial charge in [-0.1, -0.05) is 25.3 Å². The average Bonchev–Trinajstić information content (AvgIpc) is 2.40. The SMILES string of the molecule is COc1ccc(C(C#N)C2(O)CCCCC2)cc1Br. The summed E-state index contributed by atoms with van der Waals surface area (Å²) in [7, 11) is 1.61. The second-order valence-electron chi connectivity index (χ2n) is 5.12. The first-order valence-corrected chi connectivity index (χ1v) is 7.35. The summed E-state index contributed by atoms with van der Waals surface area (Å²) in [6.07, 6.45) is 4.54. The molecule has 1 saturated carbocycles. The molecule has 1 fully saturated rings. The van der Waals surface area contributed by atoms with Gasteiger partial charge in [-0.15, -0.1) is 0 Å². The highest BCUT2D eigenvalue weighted by Crippen LogP contribution is 2.41. The fraction of sp³-hybridized carbons (Fsp3) is 0.533. The lowest BCUT2D eigenvalue weighted by Gasteiger charge is -2.36. The van der Waals surface area contributed by atoms with Crippen molar-refractivity contribution < 1.29 is 9.84 Å². The number of rotatable bonds is 3. The molecule has 0 amide bonds. The number of benzene rings is 1. The number of aliphatic hydroxyl groups is 1. The normalized spacial score (nSPS) is 19.5. The fourth-order valence-electron chi connectivity index (χ4n) is 2.82. The first-order valence-electron chi connectivity index (χ1n) is 6.56. The Labute approximate surface area is 122 Å². The Morgan fingerprint density at radius 1 is 1.37 bits per heavy atom. The summed E-state index contributed by atoms with van der Waals surface area (Å²) in [6, 6.07) is 7.85. The molecule has 0 saturated heterocycles. The van der Waals surface area contributed by atoms with Crippen molar-refractivity contribution in [3.63, 3.8) is 0 Å². The van der Waals surface area contributed by atoms with Crippen LogP contribution in [-0.4, -0.2) is 17.8 Å². The topological polar surface area (TPSA) is 53.2 Å². The summed E-state index contributed by atoms with van der Waals surface area (Å²) in [4.78, 5) is 0. The number of methoxy groups -OCH3 is 1. The molecule has 0 spiro atoms. The number of nitrogens with zero attached hydrogens (tertiary/aromatic N) is 1. The summed E-state index contributed by atoms with van der Waals surface area (Å²) in [6.45, 7) is 0. The highest BCUT2D eigenvalue weighted by atomic mass is 79.9. The Hall–Kier alpha value is -1.05. The summed E-state index contributed by atoms with van der Waals surface area (Å²) >= 11 is 3.43. The van der Waals surface area contributed by atoms with Gasteiger partial charge in [-0.3, -0.25) is 0 Å². The van der Waals surface area contributed by atoms with E-state index in [9.17, 15) is 10.4 Å². The van der Waals surface area contributed by atoms with Crippen molar-refractivity contribution in [1.82, 2.24) is 0 Å². The minimum absolute atomic E-state index is 0.477. The minimum Gasteiger partial charge on any atom is -0.496 e. The van der Waals surface area contributed by atoms with Crippen LogP contribution >= 0.6 is 15.9 Å². The maximum Gasteiger partial charge on any atom is 0.133 e. The van der Waals surface area contributed by atoms with Gasteiger partial charge in [0, 0.05) is 0 Å². The number of nitriles is 1. The summed E-state index contributed by atoms with van der Waals surface area (Å²) in [5.74, 6) is 0.256. The van der Waals surface area contributed by atoms with E-state index >= 15 is 0 Å². The van der Waals surface area contributed by atoms with Crippen LogP contribution in [0.2, 0.25) is 0 Å². The second kappa shape index (κ2) is 5.94. The Kier molecular flexibility index (Phi) is 4.49. The van der Waals surface area contributed by atoms with Gasteiger partial charge in [-0.2, -0.15) is 5.26 Å². The molecule has 1 N–H and O–H groups in total. The molecular weight excluding hydrogens is 306 g/mol. The van der Waals surface area contributed by atoms with Crippen LogP contribution in [0, 0.1) is 11.3 Å². The van der Waals surface area contributed by atoms with Gasteiger partial charge in [0.25, 0.3) is 0 Å². The Bertz CT molecular complexity index is 489. The Morgan fingerprint density at radius 3 is 2.58 bits per heavy atom. The molecule has 1 aromatic rings. The average molecular weight is 324 g/mol. The van der Waals surface area contributed by atoms with E-state index in [0.717, 1.165) is 35.0 Å². The molecule has 0 bridgehead atoms. The maximum absolute atomic E-state index is 10.7. The van der Waals surface area contributed by atoms with E-state index < -0.39 is 11.5 Å². The van der Waals surface area contributed by atoms with Gasteiger partial charge >= 0.3 is 0 Å². The van der Waals surface area contributed by atoms with Crippen LogP contribution in [0.25, 0.3) is 0 Å². The van der Waals surface area contributed by atoms with Crippen LogP contribution in [0.5, 0.6) is 5.75 Å². The van der Waals surface area contributed by atoms with Gasteiger partial charge in [-0.05, 0) is 46.5 Å². The molecule has 19 heavy (non-hydrogen) atoms. The molecule has 4 heteroatoms. The van der Waals surface area contributed by atoms with Gasteiger partial charge in [0.05, 0.1) is 29.2 Å². The molecular formula is C15H18BrNO2. The van der Waals surface area contributed by atoms with Crippen molar-refractivity contribution in [2.24, 2.45) is 0 Å². The number of halogens is 1. The standard InChI is InChI=1S/C15H18BrNO2/c1-19-14-6-5-11(9-13(14)16)12(10-17)15(18)7-3-2-4-8-15/h5-6,9,12,18H,2-4,7-8H2,1H3. The lowest BCUT2D eigenvalue weighted by molar-refractivity contribution is -0.00716. The molecule has 0 heterocycles. The summed E-state index contributed by atoms with van der Waals surface area (Å²) < 4.78 is 6.00. The zero-order chi connectivity index (χ0) is 13.9. The van der Waals surface area contributed by atoms with Crippen LogP contribution < -0.4 is 4.74 Å². The van der Waals surface area contributed by atoms with E-state index in [0.29, 0.717) is 12.8 Å². The van der Waals surface area contributed by atoms with Gasteiger partial charge in [0.2, 0.25) is 0 Å². The van der Waals surface area contributed by atoms with Crippen LogP contribution in [-0.2, 0) is 0 Å². The number of hydrogen-bond acceptors (Lipinski definition) is 3. The molecule has 3 nitrogen and oxygen atoms in total. The van der Waals surface area contributed by atoms with Crippen molar-refractivity contribution in [2.75, 3.05) is 7.11 Å². The predicted octanol–water partition coefficient (Wildman–Crippen LogP) is 3.76. The highest BCUT2D eigenvalue weighted by Gasteiger charge is 2.39. The van der Waals surface area contributed by atoms with E-state index in [2.05, 4.69) is 22.0 Å². The van der Waals surface area contributed by atoms with E-state index in [-0.39, 0.29) is 0 Å². The Balaban J connectivity index is 2.32. The van der Waals surface area contributed by atoms with Crippen LogP contribution in [0.3, 0.4) is 0 Å². The summed E-state index contributed by atoms with van der Waals surface area (Å²) in [5, 5.41) is 20.2. The molecule has 1 unspecified atom stereocenters. The first kappa shape index (κ1) is 14.4. The van der Waals surface area contributed by atoms with E-state index in [1.807, 2.05) is 18.2 Å². The molecule has 1 aliphatic rings. The third-order valence-electron chi connectivity index (χ3n) is 3.90. The maximum atomic E-state index is 10.7. The third-order valence-corrected chi connectivity index (χ3v) is 4.51. The van der Waals surface area contributed by atoms with E-state index in [1.165, 1.54) is 0 Å². The van der Waals surface area contributed by atoms with E-state index in [4.69, 9.17) is 4.74 Å². The highest BCUT2D eigenvalue weighted by molar-refractivity contribution is 9.10. The van der Waals surface area contributed by atoms with Crippen molar-refractivity contribution in [3.05, 3.63) is 28.2 Å². The van der Waals surface area contributed by atoms with Crippen molar-refractivity contribution in [1.29, 1.82) is 5.26 Å². The van der Waals surface area contributed by atoms with Gasteiger partial charge < -0.3 is 9.84 Å². The lowest BCUT2D eigenvalue weighted by atomic mass is 9.73. The van der Waals surface area contributed by atoms with Crippen LogP contribution in [0.15, 0.2) is 22.7 Å².